The number of aryl methyl sites for hydroxylation is 1. The van der Waals surface area contributed by atoms with Gasteiger partial charge in [-0.3, -0.25) is 19.9 Å². The van der Waals surface area contributed by atoms with Gasteiger partial charge in [-0.15, -0.1) is 0 Å². The van der Waals surface area contributed by atoms with Crippen LogP contribution >= 0.6 is 11.8 Å². The predicted octanol–water partition coefficient (Wildman–Crippen LogP) is 4.05. The molecule has 6 heteroatoms. The van der Waals surface area contributed by atoms with Gasteiger partial charge in [0.25, 0.3) is 5.24 Å². The number of imide groups is 1. The number of thioether (sulfide) groups is 1. The van der Waals surface area contributed by atoms with Crippen LogP contribution in [0.5, 0.6) is 0 Å². The molecule has 3 aromatic rings. The molecule has 0 spiro atoms. The number of aromatic nitrogens is 1. The van der Waals surface area contributed by atoms with Crippen LogP contribution in [-0.4, -0.2) is 21.4 Å². The Bertz CT molecular complexity index is 1030. The highest BCUT2D eigenvalue weighted by Gasteiger charge is 2.31. The van der Waals surface area contributed by atoms with Crippen LogP contribution in [0.3, 0.4) is 0 Å². The van der Waals surface area contributed by atoms with Gasteiger partial charge < -0.3 is 5.32 Å². The van der Waals surface area contributed by atoms with Crippen LogP contribution in [0.2, 0.25) is 0 Å². The van der Waals surface area contributed by atoms with Crippen LogP contribution in [0.1, 0.15) is 16.7 Å². The van der Waals surface area contributed by atoms with E-state index < -0.39 is 0 Å². The molecule has 27 heavy (non-hydrogen) atoms. The first-order valence-electron chi connectivity index (χ1n) is 8.77. The fraction of sp³-hybridized carbons (Fsp3) is 0.190. The number of para-hydroxylation sites is 1. The number of rotatable bonds is 5. The fourth-order valence-electron chi connectivity index (χ4n) is 3.14. The second-order valence-electron chi connectivity index (χ2n) is 6.63. The molecule has 1 aromatic heterocycles. The molecule has 1 atom stereocenters. The third-order valence-corrected chi connectivity index (χ3v) is 5.60. The van der Waals surface area contributed by atoms with Gasteiger partial charge in [-0.2, -0.15) is 0 Å². The molecule has 1 saturated heterocycles. The van der Waals surface area contributed by atoms with Gasteiger partial charge in [0.05, 0.1) is 10.8 Å². The summed E-state index contributed by atoms with van der Waals surface area (Å²) >= 11 is 1.05. The number of nitrogens with one attached hydrogen (secondary N) is 2. The van der Waals surface area contributed by atoms with Crippen molar-refractivity contribution in [2.45, 2.75) is 25.1 Å². The Kier molecular flexibility index (Phi) is 4.81. The molecule has 0 aliphatic carbocycles. The molecule has 0 radical (unpaired) electrons. The highest BCUT2D eigenvalue weighted by atomic mass is 32.2. The van der Waals surface area contributed by atoms with E-state index >= 15 is 0 Å². The van der Waals surface area contributed by atoms with E-state index in [0.29, 0.717) is 6.42 Å². The Morgan fingerprint density at radius 3 is 2.74 bits per heavy atom. The summed E-state index contributed by atoms with van der Waals surface area (Å²) in [4.78, 5) is 27.6. The van der Waals surface area contributed by atoms with Crippen LogP contribution in [0.25, 0.3) is 10.9 Å². The van der Waals surface area contributed by atoms with Gasteiger partial charge in [0.15, 0.2) is 0 Å². The van der Waals surface area contributed by atoms with E-state index in [4.69, 9.17) is 0 Å². The Labute approximate surface area is 161 Å². The standard InChI is InChI=1S/C21H19N3O2S/c1-13-4-2-3-5-17(13)22-11-14-6-7-16-8-15(12-23-18(16)9-14)10-19-20(25)24-21(26)27-19/h2-9,12,19,22H,10-11H2,1H3,(H,24,25,26). The second-order valence-corrected chi connectivity index (χ2v) is 7.80. The highest BCUT2D eigenvalue weighted by Crippen LogP contribution is 2.24. The van der Waals surface area contributed by atoms with Crippen LogP contribution in [0, 0.1) is 6.92 Å². The van der Waals surface area contributed by atoms with Gasteiger partial charge in [-0.05, 0) is 48.2 Å². The zero-order valence-corrected chi connectivity index (χ0v) is 15.7. The van der Waals surface area contributed by atoms with E-state index in [1.54, 1.807) is 6.20 Å². The molecule has 2 heterocycles. The number of carbonyl (C=O) groups is 2. The summed E-state index contributed by atoms with van der Waals surface area (Å²) in [6.07, 6.45) is 2.29. The van der Waals surface area contributed by atoms with Crippen molar-refractivity contribution in [2.24, 2.45) is 0 Å². The summed E-state index contributed by atoms with van der Waals surface area (Å²) in [5.74, 6) is -0.220. The average molecular weight is 377 g/mol. The molecule has 2 N–H and O–H groups in total. The summed E-state index contributed by atoms with van der Waals surface area (Å²) in [7, 11) is 0. The fourth-order valence-corrected chi connectivity index (χ4v) is 4.00. The van der Waals surface area contributed by atoms with Gasteiger partial charge >= 0.3 is 0 Å². The lowest BCUT2D eigenvalue weighted by molar-refractivity contribution is -0.118. The zero-order chi connectivity index (χ0) is 18.8. The number of carbonyl (C=O) groups excluding carboxylic acids is 2. The number of amides is 2. The molecular weight excluding hydrogens is 358 g/mol. The Balaban J connectivity index is 1.48. The van der Waals surface area contributed by atoms with E-state index in [2.05, 4.69) is 46.8 Å². The zero-order valence-electron chi connectivity index (χ0n) is 14.9. The van der Waals surface area contributed by atoms with Crippen molar-refractivity contribution >= 4 is 39.5 Å². The minimum atomic E-state index is -0.366. The van der Waals surface area contributed by atoms with Crippen molar-refractivity contribution in [3.63, 3.8) is 0 Å². The SMILES string of the molecule is Cc1ccccc1NCc1ccc2cc(CC3SC(=O)NC3=O)cnc2c1. The summed E-state index contributed by atoms with van der Waals surface area (Å²) < 4.78 is 0. The van der Waals surface area contributed by atoms with E-state index in [9.17, 15) is 9.59 Å². The monoisotopic (exact) mass is 377 g/mol. The number of pyridine rings is 1. The maximum Gasteiger partial charge on any atom is 0.286 e. The smallest absolute Gasteiger partial charge is 0.286 e. The maximum atomic E-state index is 11.7. The average Bonchev–Trinajstić information content (AvgIpc) is 2.98. The molecule has 1 aliphatic rings. The first-order chi connectivity index (χ1) is 13.1. The molecule has 1 aliphatic heterocycles. The number of nitrogens with zero attached hydrogens (tertiary/aromatic N) is 1. The number of hydrogen-bond donors (Lipinski definition) is 2. The largest absolute Gasteiger partial charge is 0.381 e. The van der Waals surface area contributed by atoms with E-state index in [1.165, 1.54) is 5.56 Å². The summed E-state index contributed by atoms with van der Waals surface area (Å²) in [5, 5.41) is 6.17. The van der Waals surface area contributed by atoms with E-state index in [0.717, 1.165) is 46.0 Å². The quantitative estimate of drug-likeness (QED) is 0.702. The lowest BCUT2D eigenvalue weighted by Crippen LogP contribution is -2.25. The van der Waals surface area contributed by atoms with Gasteiger partial charge in [-0.1, -0.05) is 42.1 Å². The van der Waals surface area contributed by atoms with E-state index in [-0.39, 0.29) is 16.4 Å². The van der Waals surface area contributed by atoms with Crippen molar-refractivity contribution in [3.8, 4) is 0 Å². The van der Waals surface area contributed by atoms with Crippen LogP contribution in [-0.2, 0) is 17.8 Å². The van der Waals surface area contributed by atoms with Crippen molar-refractivity contribution in [2.75, 3.05) is 5.32 Å². The molecule has 136 valence electrons. The van der Waals surface area contributed by atoms with Gasteiger partial charge in [0, 0.05) is 23.8 Å². The molecule has 1 fully saturated rings. The molecule has 0 saturated carbocycles. The topological polar surface area (TPSA) is 71.1 Å². The summed E-state index contributed by atoms with van der Waals surface area (Å²) in [6.45, 7) is 2.81. The highest BCUT2D eigenvalue weighted by molar-refractivity contribution is 8.15. The minimum absolute atomic E-state index is 0.220. The Morgan fingerprint density at radius 1 is 1.11 bits per heavy atom. The first kappa shape index (κ1) is 17.5. The molecule has 2 aromatic carbocycles. The summed E-state index contributed by atoms with van der Waals surface area (Å²) in [6, 6.07) is 16.5. The van der Waals surface area contributed by atoms with Crippen LogP contribution in [0.15, 0.2) is 54.7 Å². The molecule has 2 amide bonds. The normalized spacial score (nSPS) is 16.6. The lowest BCUT2D eigenvalue weighted by Gasteiger charge is -2.10. The molecule has 1 unspecified atom stereocenters. The van der Waals surface area contributed by atoms with Gasteiger partial charge in [0.1, 0.15) is 0 Å². The molecular formula is C21H19N3O2S. The van der Waals surface area contributed by atoms with Crippen molar-refractivity contribution in [1.29, 1.82) is 0 Å². The van der Waals surface area contributed by atoms with Crippen molar-refractivity contribution in [3.05, 3.63) is 71.4 Å². The van der Waals surface area contributed by atoms with Crippen molar-refractivity contribution < 1.29 is 9.59 Å². The first-order valence-corrected chi connectivity index (χ1v) is 9.65. The van der Waals surface area contributed by atoms with E-state index in [1.807, 2.05) is 24.3 Å². The molecule has 5 nitrogen and oxygen atoms in total. The maximum absolute atomic E-state index is 11.7. The molecule has 4 rings (SSSR count). The number of fused-ring (bicyclic) bond motifs is 1. The second kappa shape index (κ2) is 7.40. The summed E-state index contributed by atoms with van der Waals surface area (Å²) in [5.41, 5.74) is 5.37. The van der Waals surface area contributed by atoms with Crippen LogP contribution < -0.4 is 10.6 Å². The third kappa shape index (κ3) is 3.95. The van der Waals surface area contributed by atoms with Crippen LogP contribution in [0.4, 0.5) is 10.5 Å². The lowest BCUT2D eigenvalue weighted by atomic mass is 10.1. The molecule has 0 bridgehead atoms. The van der Waals surface area contributed by atoms with Gasteiger partial charge in [0.2, 0.25) is 5.91 Å². The van der Waals surface area contributed by atoms with Gasteiger partial charge in [-0.25, -0.2) is 0 Å². The number of anilines is 1. The number of hydrogen-bond acceptors (Lipinski definition) is 5. The number of benzene rings is 2. The Hall–Kier alpha value is -2.86. The Morgan fingerprint density at radius 2 is 1.96 bits per heavy atom. The minimum Gasteiger partial charge on any atom is -0.381 e. The predicted molar refractivity (Wildman–Crippen MR) is 109 cm³/mol. The third-order valence-electron chi connectivity index (χ3n) is 4.62. The van der Waals surface area contributed by atoms with Crippen molar-refractivity contribution in [1.82, 2.24) is 10.3 Å².